The molecular formula is C15H24O4. The monoisotopic (exact) mass is 268 g/mol. The highest BCUT2D eigenvalue weighted by molar-refractivity contribution is 5.47. The van der Waals surface area contributed by atoms with Crippen LogP contribution in [0, 0.1) is 0 Å². The van der Waals surface area contributed by atoms with Crippen molar-refractivity contribution in [2.75, 3.05) is 20.8 Å². The van der Waals surface area contributed by atoms with Crippen LogP contribution in [0.3, 0.4) is 0 Å². The van der Waals surface area contributed by atoms with Gasteiger partial charge in [0.15, 0.2) is 11.5 Å². The maximum Gasteiger partial charge on any atom is 0.166 e. The molecule has 19 heavy (non-hydrogen) atoms. The lowest BCUT2D eigenvalue weighted by Gasteiger charge is -2.17. The van der Waals surface area contributed by atoms with Crippen LogP contribution in [0.2, 0.25) is 0 Å². The highest BCUT2D eigenvalue weighted by Crippen LogP contribution is 2.36. The van der Waals surface area contributed by atoms with E-state index in [9.17, 15) is 5.11 Å². The van der Waals surface area contributed by atoms with Gasteiger partial charge in [-0.1, -0.05) is 31.4 Å². The molecule has 0 aliphatic heterocycles. The Labute approximate surface area is 115 Å². The summed E-state index contributed by atoms with van der Waals surface area (Å²) < 4.78 is 10.5. The summed E-state index contributed by atoms with van der Waals surface area (Å²) in [7, 11) is 3.16. The van der Waals surface area contributed by atoms with E-state index in [-0.39, 0.29) is 6.61 Å². The summed E-state index contributed by atoms with van der Waals surface area (Å²) >= 11 is 0. The largest absolute Gasteiger partial charge is 0.493 e. The maximum atomic E-state index is 10.2. The summed E-state index contributed by atoms with van der Waals surface area (Å²) in [6.45, 7) is 0.242. The van der Waals surface area contributed by atoms with Crippen molar-refractivity contribution in [3.8, 4) is 11.5 Å². The summed E-state index contributed by atoms with van der Waals surface area (Å²) in [6, 6.07) is 5.53. The van der Waals surface area contributed by atoms with E-state index in [1.54, 1.807) is 14.2 Å². The van der Waals surface area contributed by atoms with Gasteiger partial charge in [-0.15, -0.1) is 0 Å². The molecule has 0 aliphatic rings. The number of aliphatic hydroxyl groups excluding tert-OH is 2. The van der Waals surface area contributed by atoms with E-state index in [0.29, 0.717) is 17.9 Å². The van der Waals surface area contributed by atoms with Crippen LogP contribution in [-0.4, -0.2) is 31.0 Å². The number of para-hydroxylation sites is 1. The Kier molecular flexibility index (Phi) is 7.30. The average molecular weight is 268 g/mol. The van der Waals surface area contributed by atoms with Gasteiger partial charge in [-0.3, -0.25) is 0 Å². The lowest BCUT2D eigenvalue weighted by molar-refractivity contribution is 0.158. The summed E-state index contributed by atoms with van der Waals surface area (Å²) in [6.07, 6.45) is 3.93. The van der Waals surface area contributed by atoms with E-state index in [0.717, 1.165) is 31.2 Å². The molecule has 0 fully saturated rings. The van der Waals surface area contributed by atoms with Crippen LogP contribution in [0.1, 0.15) is 43.8 Å². The highest BCUT2D eigenvalue weighted by atomic mass is 16.5. The van der Waals surface area contributed by atoms with Gasteiger partial charge in [0.25, 0.3) is 0 Å². The zero-order valence-electron chi connectivity index (χ0n) is 11.8. The molecule has 1 unspecified atom stereocenters. The molecule has 1 aromatic rings. The van der Waals surface area contributed by atoms with Crippen molar-refractivity contribution in [3.05, 3.63) is 23.8 Å². The Bertz CT molecular complexity index is 365. The number of benzene rings is 1. The molecule has 0 radical (unpaired) electrons. The molecule has 1 rings (SSSR count). The van der Waals surface area contributed by atoms with E-state index in [4.69, 9.17) is 14.6 Å². The number of unbranched alkanes of at least 4 members (excludes halogenated alkanes) is 3. The van der Waals surface area contributed by atoms with Crippen molar-refractivity contribution in [2.45, 2.75) is 38.2 Å². The third kappa shape index (κ3) is 4.73. The molecule has 4 nitrogen and oxygen atoms in total. The molecule has 0 amide bonds. The molecule has 4 heteroatoms. The van der Waals surface area contributed by atoms with Crippen molar-refractivity contribution >= 4 is 0 Å². The molecule has 0 heterocycles. The fourth-order valence-corrected chi connectivity index (χ4v) is 2.13. The molecular weight excluding hydrogens is 244 g/mol. The van der Waals surface area contributed by atoms with Gasteiger partial charge < -0.3 is 19.7 Å². The maximum absolute atomic E-state index is 10.2. The molecule has 0 aromatic heterocycles. The lowest BCUT2D eigenvalue weighted by Crippen LogP contribution is -2.02. The third-order valence-corrected chi connectivity index (χ3v) is 3.18. The highest BCUT2D eigenvalue weighted by Gasteiger charge is 2.16. The third-order valence-electron chi connectivity index (χ3n) is 3.18. The summed E-state index contributed by atoms with van der Waals surface area (Å²) in [5.41, 5.74) is 0.768. The van der Waals surface area contributed by atoms with E-state index >= 15 is 0 Å². The van der Waals surface area contributed by atoms with Gasteiger partial charge in [-0.2, -0.15) is 0 Å². The molecule has 2 N–H and O–H groups in total. The Morgan fingerprint density at radius 3 is 2.42 bits per heavy atom. The van der Waals surface area contributed by atoms with Gasteiger partial charge in [0.05, 0.1) is 20.3 Å². The SMILES string of the molecule is COc1cccc(C(O)CCCCCCO)c1OC. The Balaban J connectivity index is 2.58. The molecule has 0 saturated heterocycles. The number of methoxy groups -OCH3 is 2. The first-order chi connectivity index (χ1) is 9.24. The second kappa shape index (κ2) is 8.77. The molecule has 1 atom stereocenters. The number of hydrogen-bond donors (Lipinski definition) is 2. The van der Waals surface area contributed by atoms with E-state index in [1.165, 1.54) is 0 Å². The first kappa shape index (κ1) is 15.8. The fraction of sp³-hybridized carbons (Fsp3) is 0.600. The van der Waals surface area contributed by atoms with Gasteiger partial charge in [0, 0.05) is 12.2 Å². The van der Waals surface area contributed by atoms with Gasteiger partial charge in [-0.05, 0) is 18.9 Å². The van der Waals surface area contributed by atoms with Crippen LogP contribution in [0.5, 0.6) is 11.5 Å². The number of hydrogen-bond acceptors (Lipinski definition) is 4. The van der Waals surface area contributed by atoms with Gasteiger partial charge in [-0.25, -0.2) is 0 Å². The van der Waals surface area contributed by atoms with E-state index < -0.39 is 6.10 Å². The minimum Gasteiger partial charge on any atom is -0.493 e. The van der Waals surface area contributed by atoms with Gasteiger partial charge in [0.1, 0.15) is 0 Å². The first-order valence-electron chi connectivity index (χ1n) is 6.74. The smallest absolute Gasteiger partial charge is 0.166 e. The molecule has 0 saturated carbocycles. The Hall–Kier alpha value is -1.26. The number of ether oxygens (including phenoxy) is 2. The fourth-order valence-electron chi connectivity index (χ4n) is 2.13. The van der Waals surface area contributed by atoms with Crippen LogP contribution >= 0.6 is 0 Å². The minimum atomic E-state index is -0.542. The molecule has 1 aromatic carbocycles. The topological polar surface area (TPSA) is 58.9 Å². The van der Waals surface area contributed by atoms with Crippen LogP contribution in [0.25, 0.3) is 0 Å². The lowest BCUT2D eigenvalue weighted by atomic mass is 10.0. The minimum absolute atomic E-state index is 0.242. The standard InChI is InChI=1S/C15H24O4/c1-18-14-10-7-8-12(15(14)19-2)13(17)9-5-3-4-6-11-16/h7-8,10,13,16-17H,3-6,9,11H2,1-2H3. The van der Waals surface area contributed by atoms with Crippen molar-refractivity contribution in [1.82, 2.24) is 0 Å². The summed E-state index contributed by atoms with van der Waals surface area (Å²) in [5.74, 6) is 1.24. The van der Waals surface area contributed by atoms with Crippen LogP contribution in [0.4, 0.5) is 0 Å². The Morgan fingerprint density at radius 2 is 1.79 bits per heavy atom. The quantitative estimate of drug-likeness (QED) is 0.676. The number of rotatable bonds is 9. The normalized spacial score (nSPS) is 12.2. The molecule has 0 aliphatic carbocycles. The average Bonchev–Trinajstić information content (AvgIpc) is 2.45. The van der Waals surface area contributed by atoms with Gasteiger partial charge in [0.2, 0.25) is 0 Å². The van der Waals surface area contributed by atoms with Gasteiger partial charge >= 0.3 is 0 Å². The molecule has 108 valence electrons. The van der Waals surface area contributed by atoms with Crippen LogP contribution < -0.4 is 9.47 Å². The van der Waals surface area contributed by atoms with Crippen LogP contribution in [-0.2, 0) is 0 Å². The zero-order chi connectivity index (χ0) is 14.1. The summed E-state index contributed by atoms with van der Waals surface area (Å²) in [5, 5.41) is 18.9. The Morgan fingerprint density at radius 1 is 1.05 bits per heavy atom. The zero-order valence-corrected chi connectivity index (χ0v) is 11.8. The van der Waals surface area contributed by atoms with Crippen molar-refractivity contribution in [2.24, 2.45) is 0 Å². The second-order valence-electron chi connectivity index (χ2n) is 4.53. The predicted molar refractivity (Wildman–Crippen MR) is 74.7 cm³/mol. The number of aliphatic hydroxyl groups is 2. The van der Waals surface area contributed by atoms with Crippen LogP contribution in [0.15, 0.2) is 18.2 Å². The van der Waals surface area contributed by atoms with E-state index in [2.05, 4.69) is 0 Å². The summed E-state index contributed by atoms with van der Waals surface area (Å²) in [4.78, 5) is 0. The predicted octanol–water partition coefficient (Wildman–Crippen LogP) is 2.68. The first-order valence-corrected chi connectivity index (χ1v) is 6.74. The van der Waals surface area contributed by atoms with Crippen molar-refractivity contribution in [1.29, 1.82) is 0 Å². The van der Waals surface area contributed by atoms with E-state index in [1.807, 2.05) is 18.2 Å². The molecule has 0 spiro atoms. The van der Waals surface area contributed by atoms with Crippen molar-refractivity contribution < 1.29 is 19.7 Å². The second-order valence-corrected chi connectivity index (χ2v) is 4.53. The van der Waals surface area contributed by atoms with Crippen molar-refractivity contribution in [3.63, 3.8) is 0 Å². The molecule has 0 bridgehead atoms.